The summed E-state index contributed by atoms with van der Waals surface area (Å²) in [4.78, 5) is 74.0. The van der Waals surface area contributed by atoms with Gasteiger partial charge in [0.25, 0.3) is 11.5 Å². The normalized spacial score (nSPS) is 26.3. The van der Waals surface area contributed by atoms with Gasteiger partial charge in [-0.1, -0.05) is 81.5 Å². The van der Waals surface area contributed by atoms with E-state index in [1.165, 1.54) is 20.6 Å². The number of sulfonamides is 1. The highest BCUT2D eigenvalue weighted by atomic mass is 32.2. The third-order valence-electron chi connectivity index (χ3n) is 11.7. The van der Waals surface area contributed by atoms with Gasteiger partial charge in [-0.05, 0) is 60.3 Å². The molecule has 2 aromatic carbocycles. The van der Waals surface area contributed by atoms with Crippen LogP contribution in [0.3, 0.4) is 0 Å². The van der Waals surface area contributed by atoms with Crippen LogP contribution in [-0.2, 0) is 30.8 Å². The first kappa shape index (κ1) is 39.9. The third kappa shape index (κ3) is 7.85. The molecule has 2 aliphatic carbocycles. The number of hydrogen-bond acceptors (Lipinski definition) is 8. The van der Waals surface area contributed by atoms with Gasteiger partial charge < -0.3 is 20.4 Å². The Labute approximate surface area is 332 Å². The monoisotopic (exact) mass is 797 g/mol. The molecule has 3 N–H and O–H groups in total. The topological polar surface area (TPSA) is 180 Å². The van der Waals surface area contributed by atoms with Gasteiger partial charge in [0.15, 0.2) is 0 Å². The van der Waals surface area contributed by atoms with Crippen LogP contribution in [0.25, 0.3) is 21.9 Å². The van der Waals surface area contributed by atoms with E-state index in [2.05, 4.69) is 21.9 Å². The molecule has 5 amide bonds. The number of aromatic nitrogens is 2. The molecule has 0 spiro atoms. The molecule has 2 unspecified atom stereocenters. The number of rotatable bonds is 7. The van der Waals surface area contributed by atoms with Crippen molar-refractivity contribution in [3.63, 3.8) is 0 Å². The zero-order valence-corrected chi connectivity index (χ0v) is 33.7. The van der Waals surface area contributed by atoms with Crippen molar-refractivity contribution in [2.45, 2.75) is 94.6 Å². The zero-order valence-electron chi connectivity index (χ0n) is 32.9. The number of nitrogens with one attached hydrogen (secondary N) is 3. The minimum absolute atomic E-state index is 0.0328. The molecule has 2 aliphatic heterocycles. The van der Waals surface area contributed by atoms with Gasteiger partial charge in [0.2, 0.25) is 21.8 Å². The largest absolute Gasteiger partial charge is 0.339 e. The molecular weight excluding hydrogens is 747 g/mol. The summed E-state index contributed by atoms with van der Waals surface area (Å²) in [6.07, 6.45) is 9.70. The van der Waals surface area contributed by atoms with Gasteiger partial charge in [-0.25, -0.2) is 17.9 Å². The van der Waals surface area contributed by atoms with Gasteiger partial charge in [-0.3, -0.25) is 23.9 Å². The van der Waals surface area contributed by atoms with Crippen LogP contribution in [-0.4, -0.2) is 94.8 Å². The standard InChI is InChI=1S/C42H51N7O7S/c1-6-27-23-42(27,39(53)46-57(55,56)29-19-20-29)45-36(50)34-22-28-25-48(34)38(52)35(41(2,3)4)44-40(54)47(5)21-12-8-7-9-17-32-33(24-43-49(28)37(32)51)31-18-13-15-26-14-10-11-16-30(26)31/h6-7,9-11,13-16,18,24,27-29,34-35H,1,8,12,17,19-23,25H2,2-5H3,(H,44,54)(H,45,50)(H,46,53)/b9-7+/t27-,28?,34+,35-,42?/m1/s1. The molecular formula is C42H51N7O7S. The summed E-state index contributed by atoms with van der Waals surface area (Å²) in [6.45, 7) is 9.55. The van der Waals surface area contributed by atoms with Crippen LogP contribution < -0.4 is 20.9 Å². The van der Waals surface area contributed by atoms with Crippen LogP contribution in [0.4, 0.5) is 4.79 Å². The number of amides is 5. The Morgan fingerprint density at radius 1 is 1.04 bits per heavy atom. The molecule has 3 fully saturated rings. The SMILES string of the molecule is C=C[C@@H]1CC1(NC(=O)[C@@H]1CC2CN1C(=O)[C@H](C(C)(C)C)NC(=O)N(C)CCC/C=C/Cc1c(-c3cccc4ccccc34)cnn2c1=O)C(=O)NS(=O)(=O)C1CC1. The fraction of sp³-hybridized carbons (Fsp3) is 0.476. The van der Waals surface area contributed by atoms with Crippen molar-refractivity contribution in [2.24, 2.45) is 11.3 Å². The first-order valence-corrected chi connectivity index (χ1v) is 21.2. The third-order valence-corrected chi connectivity index (χ3v) is 13.5. The minimum Gasteiger partial charge on any atom is -0.339 e. The van der Waals surface area contributed by atoms with Crippen molar-refractivity contribution in [2.75, 3.05) is 20.1 Å². The Kier molecular flexibility index (Phi) is 10.7. The lowest BCUT2D eigenvalue weighted by atomic mass is 9.85. The molecule has 1 saturated heterocycles. The quantitative estimate of drug-likeness (QED) is 0.302. The highest BCUT2D eigenvalue weighted by molar-refractivity contribution is 7.91. The summed E-state index contributed by atoms with van der Waals surface area (Å²) in [5.74, 6) is -2.63. The number of nitrogens with zero attached hydrogens (tertiary/aromatic N) is 4. The van der Waals surface area contributed by atoms with Crippen LogP contribution in [0.5, 0.6) is 0 Å². The van der Waals surface area contributed by atoms with E-state index in [-0.39, 0.29) is 24.9 Å². The van der Waals surface area contributed by atoms with Gasteiger partial charge in [-0.15, -0.1) is 6.58 Å². The lowest BCUT2D eigenvalue weighted by molar-refractivity contribution is -0.142. The lowest BCUT2D eigenvalue weighted by Crippen LogP contribution is -2.61. The maximum absolute atomic E-state index is 14.8. The van der Waals surface area contributed by atoms with Crippen LogP contribution in [0.15, 0.2) is 78.3 Å². The number of fused-ring (bicyclic) bond motifs is 6. The Balaban J connectivity index is 1.30. The molecule has 3 heterocycles. The highest BCUT2D eigenvalue weighted by Gasteiger charge is 2.62. The van der Waals surface area contributed by atoms with Crippen LogP contribution >= 0.6 is 0 Å². The van der Waals surface area contributed by atoms with Crippen molar-refractivity contribution >= 4 is 44.5 Å². The molecule has 57 heavy (non-hydrogen) atoms. The summed E-state index contributed by atoms with van der Waals surface area (Å²) in [5.41, 5.74) is -0.708. The molecule has 0 radical (unpaired) electrons. The van der Waals surface area contributed by atoms with Crippen LogP contribution in [0.1, 0.15) is 70.9 Å². The molecule has 1 aromatic heterocycles. The molecule has 302 valence electrons. The number of allylic oxidation sites excluding steroid dienone is 2. The van der Waals surface area contributed by atoms with Gasteiger partial charge in [-0.2, -0.15) is 5.10 Å². The Bertz CT molecular complexity index is 2320. The summed E-state index contributed by atoms with van der Waals surface area (Å²) in [7, 11) is -2.27. The van der Waals surface area contributed by atoms with E-state index in [1.54, 1.807) is 13.2 Å². The summed E-state index contributed by atoms with van der Waals surface area (Å²) in [5, 5.41) is 11.7. The van der Waals surface area contributed by atoms with E-state index in [9.17, 15) is 32.4 Å². The fourth-order valence-corrected chi connectivity index (χ4v) is 9.43. The second kappa shape index (κ2) is 15.2. The van der Waals surface area contributed by atoms with E-state index in [4.69, 9.17) is 5.10 Å². The molecule has 4 bridgehead atoms. The predicted molar refractivity (Wildman–Crippen MR) is 216 cm³/mol. The fourth-order valence-electron chi connectivity index (χ4n) is 8.07. The summed E-state index contributed by atoms with van der Waals surface area (Å²) < 4.78 is 29.1. The number of carbonyl (C=O) groups excluding carboxylic acids is 4. The lowest BCUT2D eigenvalue weighted by Gasteiger charge is -2.36. The van der Waals surface area contributed by atoms with Crippen molar-refractivity contribution < 1.29 is 27.6 Å². The highest BCUT2D eigenvalue weighted by Crippen LogP contribution is 2.46. The molecule has 14 nitrogen and oxygen atoms in total. The van der Waals surface area contributed by atoms with E-state index >= 15 is 0 Å². The molecule has 3 aromatic rings. The van der Waals surface area contributed by atoms with E-state index < -0.39 is 74.0 Å². The Morgan fingerprint density at radius 2 is 1.77 bits per heavy atom. The summed E-state index contributed by atoms with van der Waals surface area (Å²) in [6, 6.07) is 10.3. The maximum atomic E-state index is 14.8. The molecule has 2 saturated carbocycles. The maximum Gasteiger partial charge on any atom is 0.317 e. The van der Waals surface area contributed by atoms with E-state index in [1.807, 2.05) is 75.4 Å². The first-order chi connectivity index (χ1) is 27.1. The summed E-state index contributed by atoms with van der Waals surface area (Å²) >= 11 is 0. The molecule has 4 aliphatic rings. The second-order valence-corrected chi connectivity index (χ2v) is 18.8. The number of carbonyl (C=O) groups is 4. The van der Waals surface area contributed by atoms with Crippen molar-refractivity contribution in [3.05, 3.63) is 89.4 Å². The molecule has 7 rings (SSSR count). The average Bonchev–Trinajstić information content (AvgIpc) is 4.10. The number of hydrogen-bond donors (Lipinski definition) is 3. The predicted octanol–water partition coefficient (Wildman–Crippen LogP) is 3.82. The van der Waals surface area contributed by atoms with Crippen molar-refractivity contribution in [1.29, 1.82) is 0 Å². The second-order valence-electron chi connectivity index (χ2n) is 16.9. The van der Waals surface area contributed by atoms with Crippen molar-refractivity contribution in [3.8, 4) is 11.1 Å². The molecule has 5 atom stereocenters. The first-order valence-electron chi connectivity index (χ1n) is 19.6. The Hall–Kier alpha value is -5.31. The van der Waals surface area contributed by atoms with Crippen LogP contribution in [0, 0.1) is 11.3 Å². The van der Waals surface area contributed by atoms with Gasteiger partial charge in [0.05, 0.1) is 17.5 Å². The molecule has 15 heteroatoms. The van der Waals surface area contributed by atoms with Gasteiger partial charge in [0, 0.05) is 43.6 Å². The van der Waals surface area contributed by atoms with E-state index in [0.717, 1.165) is 16.3 Å². The minimum atomic E-state index is -3.93. The Morgan fingerprint density at radius 3 is 2.47 bits per heavy atom. The zero-order chi connectivity index (χ0) is 40.9. The van der Waals surface area contributed by atoms with Crippen LogP contribution in [0.2, 0.25) is 0 Å². The smallest absolute Gasteiger partial charge is 0.317 e. The van der Waals surface area contributed by atoms with E-state index in [0.29, 0.717) is 49.8 Å². The van der Waals surface area contributed by atoms with Crippen molar-refractivity contribution in [1.82, 2.24) is 34.9 Å². The van der Waals surface area contributed by atoms with Gasteiger partial charge >= 0.3 is 6.03 Å². The average molecular weight is 798 g/mol. The number of urea groups is 1. The number of benzene rings is 2. The van der Waals surface area contributed by atoms with Gasteiger partial charge in [0.1, 0.15) is 17.6 Å².